The molecular formula is C16H18ClFN2O. The first-order valence-corrected chi connectivity index (χ1v) is 7.12. The summed E-state index contributed by atoms with van der Waals surface area (Å²) in [6.07, 6.45) is 0.631. The standard InChI is InChI=1S/C16H18ClFN2O/c1-10(19)7-15-16(6-3-11(2)20-15)21-9-12-4-5-13(17)14(18)8-12/h3-6,8,10H,7,9,19H2,1-2H3. The van der Waals surface area contributed by atoms with Crippen molar-refractivity contribution in [2.45, 2.75) is 32.9 Å². The summed E-state index contributed by atoms with van der Waals surface area (Å²) in [6, 6.07) is 8.36. The van der Waals surface area contributed by atoms with Crippen LogP contribution in [0, 0.1) is 12.7 Å². The van der Waals surface area contributed by atoms with Crippen LogP contribution in [0.1, 0.15) is 23.9 Å². The SMILES string of the molecule is Cc1ccc(OCc2ccc(Cl)c(F)c2)c(CC(C)N)n1. The molecule has 1 heterocycles. The van der Waals surface area contributed by atoms with Crippen molar-refractivity contribution in [3.05, 3.63) is 58.1 Å². The fourth-order valence-corrected chi connectivity index (χ4v) is 2.09. The maximum absolute atomic E-state index is 13.4. The fourth-order valence-electron chi connectivity index (χ4n) is 1.97. The van der Waals surface area contributed by atoms with E-state index in [2.05, 4.69) is 4.98 Å². The van der Waals surface area contributed by atoms with Crippen molar-refractivity contribution in [1.29, 1.82) is 0 Å². The lowest BCUT2D eigenvalue weighted by Crippen LogP contribution is -2.19. The number of nitrogens with zero attached hydrogens (tertiary/aromatic N) is 1. The van der Waals surface area contributed by atoms with E-state index in [4.69, 9.17) is 22.1 Å². The number of hydrogen-bond donors (Lipinski definition) is 1. The highest BCUT2D eigenvalue weighted by Crippen LogP contribution is 2.21. The summed E-state index contributed by atoms with van der Waals surface area (Å²) in [6.45, 7) is 4.09. The van der Waals surface area contributed by atoms with Crippen LogP contribution in [0.3, 0.4) is 0 Å². The summed E-state index contributed by atoms with van der Waals surface area (Å²) in [7, 11) is 0. The van der Waals surface area contributed by atoms with Crippen molar-refractivity contribution in [2.24, 2.45) is 5.73 Å². The molecule has 5 heteroatoms. The zero-order valence-corrected chi connectivity index (χ0v) is 12.8. The summed E-state index contributed by atoms with van der Waals surface area (Å²) in [5, 5.41) is 0.105. The second kappa shape index (κ2) is 6.87. The molecule has 1 atom stereocenters. The number of nitrogens with two attached hydrogens (primary N) is 1. The number of hydrogen-bond acceptors (Lipinski definition) is 3. The summed E-state index contributed by atoms with van der Waals surface area (Å²) < 4.78 is 19.1. The summed E-state index contributed by atoms with van der Waals surface area (Å²) in [5.41, 5.74) is 8.27. The lowest BCUT2D eigenvalue weighted by Gasteiger charge is -2.13. The number of benzene rings is 1. The molecule has 0 radical (unpaired) electrons. The van der Waals surface area contributed by atoms with Gasteiger partial charge in [-0.2, -0.15) is 0 Å². The van der Waals surface area contributed by atoms with Crippen LogP contribution in [0.5, 0.6) is 5.75 Å². The van der Waals surface area contributed by atoms with E-state index in [0.717, 1.165) is 11.4 Å². The second-order valence-corrected chi connectivity index (χ2v) is 5.52. The number of ether oxygens (including phenoxy) is 1. The van der Waals surface area contributed by atoms with Crippen molar-refractivity contribution in [1.82, 2.24) is 4.98 Å². The topological polar surface area (TPSA) is 48.1 Å². The largest absolute Gasteiger partial charge is 0.487 e. The van der Waals surface area contributed by atoms with E-state index in [1.807, 2.05) is 26.0 Å². The van der Waals surface area contributed by atoms with Crippen LogP contribution < -0.4 is 10.5 Å². The van der Waals surface area contributed by atoms with E-state index >= 15 is 0 Å². The molecule has 0 saturated carbocycles. The summed E-state index contributed by atoms with van der Waals surface area (Å²) in [4.78, 5) is 4.46. The van der Waals surface area contributed by atoms with Crippen molar-refractivity contribution in [3.63, 3.8) is 0 Å². The molecule has 1 aromatic carbocycles. The highest BCUT2D eigenvalue weighted by atomic mass is 35.5. The van der Waals surface area contributed by atoms with E-state index < -0.39 is 5.82 Å². The summed E-state index contributed by atoms with van der Waals surface area (Å²) >= 11 is 5.66. The lowest BCUT2D eigenvalue weighted by atomic mass is 10.1. The number of aromatic nitrogens is 1. The van der Waals surface area contributed by atoms with Gasteiger partial charge in [-0.15, -0.1) is 0 Å². The van der Waals surface area contributed by atoms with Gasteiger partial charge in [0.2, 0.25) is 0 Å². The van der Waals surface area contributed by atoms with E-state index in [-0.39, 0.29) is 17.7 Å². The quantitative estimate of drug-likeness (QED) is 0.917. The minimum Gasteiger partial charge on any atom is -0.487 e. The Morgan fingerprint density at radius 3 is 2.76 bits per heavy atom. The molecule has 112 valence electrons. The van der Waals surface area contributed by atoms with Crippen LogP contribution in [0.15, 0.2) is 30.3 Å². The molecule has 2 N–H and O–H groups in total. The van der Waals surface area contributed by atoms with E-state index in [1.165, 1.54) is 12.1 Å². The number of pyridine rings is 1. The van der Waals surface area contributed by atoms with Crippen molar-refractivity contribution >= 4 is 11.6 Å². The Morgan fingerprint density at radius 1 is 1.33 bits per heavy atom. The number of rotatable bonds is 5. The van der Waals surface area contributed by atoms with Crippen LogP contribution in [0.2, 0.25) is 5.02 Å². The van der Waals surface area contributed by atoms with Gasteiger partial charge in [0.1, 0.15) is 18.2 Å². The molecule has 2 rings (SSSR count). The molecular weight excluding hydrogens is 291 g/mol. The first kappa shape index (κ1) is 15.7. The van der Waals surface area contributed by atoms with Crippen LogP contribution in [0.25, 0.3) is 0 Å². The highest BCUT2D eigenvalue weighted by molar-refractivity contribution is 6.30. The Labute approximate surface area is 128 Å². The second-order valence-electron chi connectivity index (χ2n) is 5.12. The van der Waals surface area contributed by atoms with Crippen LogP contribution >= 0.6 is 11.6 Å². The Kier molecular flexibility index (Phi) is 5.15. The van der Waals surface area contributed by atoms with Crippen LogP contribution in [0.4, 0.5) is 4.39 Å². The van der Waals surface area contributed by atoms with Crippen LogP contribution in [-0.4, -0.2) is 11.0 Å². The molecule has 0 aliphatic carbocycles. The van der Waals surface area contributed by atoms with Gasteiger partial charge < -0.3 is 10.5 Å². The van der Waals surface area contributed by atoms with Gasteiger partial charge in [-0.3, -0.25) is 4.98 Å². The summed E-state index contributed by atoms with van der Waals surface area (Å²) in [5.74, 6) is 0.226. The first-order chi connectivity index (χ1) is 9.95. The monoisotopic (exact) mass is 308 g/mol. The van der Waals surface area contributed by atoms with E-state index in [0.29, 0.717) is 17.7 Å². The van der Waals surface area contributed by atoms with Crippen LogP contribution in [-0.2, 0) is 13.0 Å². The highest BCUT2D eigenvalue weighted by Gasteiger charge is 2.09. The predicted molar refractivity (Wildman–Crippen MR) is 82.1 cm³/mol. The molecule has 0 bridgehead atoms. The third-order valence-electron chi connectivity index (χ3n) is 2.97. The molecule has 0 aliphatic heterocycles. The Balaban J connectivity index is 2.13. The normalized spacial score (nSPS) is 12.2. The molecule has 2 aromatic rings. The molecule has 21 heavy (non-hydrogen) atoms. The van der Waals surface area contributed by atoms with Crippen molar-refractivity contribution in [2.75, 3.05) is 0 Å². The van der Waals surface area contributed by atoms with Gasteiger partial charge in [-0.1, -0.05) is 17.7 Å². The van der Waals surface area contributed by atoms with E-state index in [9.17, 15) is 4.39 Å². The molecule has 0 spiro atoms. The van der Waals surface area contributed by atoms with Gasteiger partial charge in [0.15, 0.2) is 0 Å². The van der Waals surface area contributed by atoms with Gasteiger partial charge in [-0.05, 0) is 43.7 Å². The molecule has 0 saturated heterocycles. The molecule has 0 amide bonds. The van der Waals surface area contributed by atoms with Gasteiger partial charge in [0.25, 0.3) is 0 Å². The lowest BCUT2D eigenvalue weighted by molar-refractivity contribution is 0.300. The maximum Gasteiger partial charge on any atom is 0.142 e. The molecule has 1 aromatic heterocycles. The van der Waals surface area contributed by atoms with E-state index in [1.54, 1.807) is 6.07 Å². The van der Waals surface area contributed by atoms with Crippen molar-refractivity contribution in [3.8, 4) is 5.75 Å². The zero-order chi connectivity index (χ0) is 15.4. The molecule has 0 aliphatic rings. The third-order valence-corrected chi connectivity index (χ3v) is 3.27. The van der Waals surface area contributed by atoms with Gasteiger partial charge >= 0.3 is 0 Å². The average Bonchev–Trinajstić information content (AvgIpc) is 2.41. The first-order valence-electron chi connectivity index (χ1n) is 6.74. The number of halogens is 2. The molecule has 1 unspecified atom stereocenters. The predicted octanol–water partition coefficient (Wildman–Crippen LogP) is 3.65. The maximum atomic E-state index is 13.4. The van der Waals surface area contributed by atoms with Gasteiger partial charge in [0.05, 0.1) is 10.7 Å². The minimum absolute atomic E-state index is 0.00498. The smallest absolute Gasteiger partial charge is 0.142 e. The molecule has 3 nitrogen and oxygen atoms in total. The Morgan fingerprint density at radius 2 is 2.10 bits per heavy atom. The number of aryl methyl sites for hydroxylation is 1. The average molecular weight is 309 g/mol. The Bertz CT molecular complexity index is 632. The Hall–Kier alpha value is -1.65. The zero-order valence-electron chi connectivity index (χ0n) is 12.1. The van der Waals surface area contributed by atoms with Crippen molar-refractivity contribution < 1.29 is 9.13 Å². The van der Waals surface area contributed by atoms with Gasteiger partial charge in [0, 0.05) is 18.2 Å². The fraction of sp³-hybridized carbons (Fsp3) is 0.312. The molecule has 0 fully saturated rings. The third kappa shape index (κ3) is 4.41. The van der Waals surface area contributed by atoms with Gasteiger partial charge in [-0.25, -0.2) is 4.39 Å². The minimum atomic E-state index is -0.449.